The van der Waals surface area contributed by atoms with Crippen LogP contribution in [0.3, 0.4) is 0 Å². The SMILES string of the molecule is Cc1cc(Cl)c(N)c(Cl)c1N. The molecule has 0 aliphatic rings. The highest BCUT2D eigenvalue weighted by Gasteiger charge is 2.07. The minimum Gasteiger partial charge on any atom is -0.397 e. The topological polar surface area (TPSA) is 52.0 Å². The summed E-state index contributed by atoms with van der Waals surface area (Å²) in [6.07, 6.45) is 0. The number of nitrogens with two attached hydrogens (primary N) is 2. The van der Waals surface area contributed by atoms with Crippen molar-refractivity contribution in [3.05, 3.63) is 21.7 Å². The Bertz CT molecular complexity index is 271. The first kappa shape index (κ1) is 8.50. The molecule has 0 fully saturated rings. The van der Waals surface area contributed by atoms with E-state index in [4.69, 9.17) is 34.7 Å². The second-order valence-electron chi connectivity index (χ2n) is 2.32. The fraction of sp³-hybridized carbons (Fsp3) is 0.143. The summed E-state index contributed by atoms with van der Waals surface area (Å²) in [5.41, 5.74) is 12.8. The largest absolute Gasteiger partial charge is 0.397 e. The summed E-state index contributed by atoms with van der Waals surface area (Å²) in [6, 6.07) is 1.69. The minimum absolute atomic E-state index is 0.343. The van der Waals surface area contributed by atoms with E-state index in [9.17, 15) is 0 Å². The van der Waals surface area contributed by atoms with Crippen molar-refractivity contribution >= 4 is 34.6 Å². The molecule has 0 aromatic heterocycles. The van der Waals surface area contributed by atoms with E-state index >= 15 is 0 Å². The normalized spacial score (nSPS) is 10.1. The summed E-state index contributed by atoms with van der Waals surface area (Å²) in [6.45, 7) is 1.83. The van der Waals surface area contributed by atoms with Gasteiger partial charge in [0.05, 0.1) is 21.4 Å². The zero-order valence-electron chi connectivity index (χ0n) is 5.99. The highest BCUT2D eigenvalue weighted by atomic mass is 35.5. The van der Waals surface area contributed by atoms with E-state index in [0.717, 1.165) is 5.56 Å². The van der Waals surface area contributed by atoms with Crippen LogP contribution in [0.2, 0.25) is 10.0 Å². The molecule has 0 radical (unpaired) electrons. The van der Waals surface area contributed by atoms with Crippen molar-refractivity contribution in [2.45, 2.75) is 6.92 Å². The summed E-state index contributed by atoms with van der Waals surface area (Å²) in [5, 5.41) is 0.789. The Balaban J connectivity index is 3.46. The van der Waals surface area contributed by atoms with Crippen molar-refractivity contribution in [1.29, 1.82) is 0 Å². The number of halogens is 2. The van der Waals surface area contributed by atoms with Crippen molar-refractivity contribution in [3.8, 4) is 0 Å². The summed E-state index contributed by atoms with van der Waals surface area (Å²) >= 11 is 11.5. The first-order valence-corrected chi connectivity index (χ1v) is 3.79. The lowest BCUT2D eigenvalue weighted by atomic mass is 10.2. The molecule has 1 rings (SSSR count). The molecule has 0 spiro atoms. The molecule has 1 aromatic carbocycles. The lowest BCUT2D eigenvalue weighted by Gasteiger charge is -2.06. The van der Waals surface area contributed by atoms with Gasteiger partial charge in [0, 0.05) is 0 Å². The second-order valence-corrected chi connectivity index (χ2v) is 3.10. The summed E-state index contributed by atoms with van der Waals surface area (Å²) in [4.78, 5) is 0. The lowest BCUT2D eigenvalue weighted by molar-refractivity contribution is 1.47. The van der Waals surface area contributed by atoms with Gasteiger partial charge in [-0.25, -0.2) is 0 Å². The summed E-state index contributed by atoms with van der Waals surface area (Å²) in [7, 11) is 0. The zero-order valence-corrected chi connectivity index (χ0v) is 7.50. The number of benzene rings is 1. The van der Waals surface area contributed by atoms with Crippen LogP contribution >= 0.6 is 23.2 Å². The maximum Gasteiger partial charge on any atom is 0.0882 e. The van der Waals surface area contributed by atoms with Gasteiger partial charge in [-0.3, -0.25) is 0 Å². The Kier molecular flexibility index (Phi) is 2.16. The molecule has 60 valence electrons. The van der Waals surface area contributed by atoms with Crippen LogP contribution in [-0.2, 0) is 0 Å². The van der Waals surface area contributed by atoms with Crippen LogP contribution in [0.15, 0.2) is 6.07 Å². The maximum absolute atomic E-state index is 5.75. The highest BCUT2D eigenvalue weighted by molar-refractivity contribution is 6.40. The van der Waals surface area contributed by atoms with Gasteiger partial charge in [0.15, 0.2) is 0 Å². The van der Waals surface area contributed by atoms with E-state index in [1.807, 2.05) is 6.92 Å². The zero-order chi connectivity index (χ0) is 8.59. The fourth-order valence-corrected chi connectivity index (χ4v) is 1.33. The smallest absolute Gasteiger partial charge is 0.0882 e. The molecule has 2 nitrogen and oxygen atoms in total. The van der Waals surface area contributed by atoms with Gasteiger partial charge in [0.1, 0.15) is 0 Å². The van der Waals surface area contributed by atoms with Crippen molar-refractivity contribution in [2.24, 2.45) is 0 Å². The Hall–Kier alpha value is -0.600. The molecular formula is C7H8Cl2N2. The van der Waals surface area contributed by atoms with E-state index in [2.05, 4.69) is 0 Å². The Morgan fingerprint density at radius 1 is 1.18 bits per heavy atom. The number of anilines is 2. The number of hydrogen-bond donors (Lipinski definition) is 2. The van der Waals surface area contributed by atoms with E-state index in [-0.39, 0.29) is 0 Å². The first-order chi connectivity index (χ1) is 5.04. The van der Waals surface area contributed by atoms with Crippen LogP contribution in [0.1, 0.15) is 5.56 Å². The quantitative estimate of drug-likeness (QED) is 0.618. The fourth-order valence-electron chi connectivity index (χ4n) is 0.769. The number of rotatable bonds is 0. The van der Waals surface area contributed by atoms with Crippen LogP contribution in [0.25, 0.3) is 0 Å². The number of aryl methyl sites for hydroxylation is 1. The number of nitrogen functional groups attached to an aromatic ring is 2. The van der Waals surface area contributed by atoms with Crippen LogP contribution in [0.4, 0.5) is 11.4 Å². The predicted molar refractivity (Wildman–Crippen MR) is 50.0 cm³/mol. The summed E-state index contributed by atoms with van der Waals surface area (Å²) < 4.78 is 0. The molecule has 11 heavy (non-hydrogen) atoms. The molecule has 0 bridgehead atoms. The third-order valence-corrected chi connectivity index (χ3v) is 2.22. The summed E-state index contributed by atoms with van der Waals surface area (Å²) in [5.74, 6) is 0. The van der Waals surface area contributed by atoms with Crippen LogP contribution in [0, 0.1) is 6.92 Å². The van der Waals surface area contributed by atoms with Gasteiger partial charge in [0.25, 0.3) is 0 Å². The van der Waals surface area contributed by atoms with E-state index < -0.39 is 0 Å². The Morgan fingerprint density at radius 3 is 2.27 bits per heavy atom. The monoisotopic (exact) mass is 190 g/mol. The van der Waals surface area contributed by atoms with Crippen LogP contribution < -0.4 is 11.5 Å². The molecule has 0 saturated heterocycles. The molecule has 0 atom stereocenters. The molecule has 4 N–H and O–H groups in total. The van der Waals surface area contributed by atoms with Crippen molar-refractivity contribution in [3.63, 3.8) is 0 Å². The third kappa shape index (κ3) is 1.37. The molecule has 0 amide bonds. The molecule has 1 aromatic rings. The van der Waals surface area contributed by atoms with Gasteiger partial charge in [-0.2, -0.15) is 0 Å². The highest BCUT2D eigenvalue weighted by Crippen LogP contribution is 2.34. The van der Waals surface area contributed by atoms with Gasteiger partial charge in [-0.05, 0) is 18.6 Å². The van der Waals surface area contributed by atoms with Crippen molar-refractivity contribution in [2.75, 3.05) is 11.5 Å². The average molecular weight is 191 g/mol. The average Bonchev–Trinajstić information content (AvgIpc) is 1.97. The van der Waals surface area contributed by atoms with Crippen LogP contribution in [-0.4, -0.2) is 0 Å². The molecule has 4 heteroatoms. The molecule has 0 aliphatic carbocycles. The Morgan fingerprint density at radius 2 is 1.73 bits per heavy atom. The van der Waals surface area contributed by atoms with Gasteiger partial charge < -0.3 is 11.5 Å². The third-order valence-electron chi connectivity index (χ3n) is 1.50. The first-order valence-electron chi connectivity index (χ1n) is 3.03. The predicted octanol–water partition coefficient (Wildman–Crippen LogP) is 2.47. The van der Waals surface area contributed by atoms with Crippen molar-refractivity contribution < 1.29 is 0 Å². The minimum atomic E-state index is 0.343. The van der Waals surface area contributed by atoms with Gasteiger partial charge >= 0.3 is 0 Å². The van der Waals surface area contributed by atoms with Gasteiger partial charge in [-0.1, -0.05) is 23.2 Å². The van der Waals surface area contributed by atoms with Crippen molar-refractivity contribution in [1.82, 2.24) is 0 Å². The van der Waals surface area contributed by atoms with E-state index in [0.29, 0.717) is 21.4 Å². The van der Waals surface area contributed by atoms with Crippen LogP contribution in [0.5, 0.6) is 0 Å². The van der Waals surface area contributed by atoms with E-state index in [1.54, 1.807) is 6.07 Å². The lowest BCUT2D eigenvalue weighted by Crippen LogP contribution is -1.96. The molecule has 0 aliphatic heterocycles. The van der Waals surface area contributed by atoms with Gasteiger partial charge in [-0.15, -0.1) is 0 Å². The Labute approximate surface area is 75.1 Å². The molecular weight excluding hydrogens is 183 g/mol. The second kappa shape index (κ2) is 2.80. The molecule has 0 saturated carbocycles. The van der Waals surface area contributed by atoms with E-state index in [1.165, 1.54) is 0 Å². The maximum atomic E-state index is 5.75. The van der Waals surface area contributed by atoms with Gasteiger partial charge in [0.2, 0.25) is 0 Å². The molecule has 0 heterocycles. The number of hydrogen-bond acceptors (Lipinski definition) is 2. The standard InChI is InChI=1S/C7H8Cl2N2/c1-3-2-4(8)7(11)5(9)6(3)10/h2H,10-11H2,1H3. The molecule has 0 unspecified atom stereocenters.